The summed E-state index contributed by atoms with van der Waals surface area (Å²) in [6, 6.07) is 15.4. The molecule has 1 atom stereocenters. The second-order valence-corrected chi connectivity index (χ2v) is 8.69. The van der Waals surface area contributed by atoms with Crippen molar-refractivity contribution in [3.8, 4) is 28.7 Å². The summed E-state index contributed by atoms with van der Waals surface area (Å²) in [5.41, 5.74) is 7.06. The molecule has 0 aliphatic carbocycles. The van der Waals surface area contributed by atoms with Gasteiger partial charge in [-0.3, -0.25) is 9.78 Å². The maximum absolute atomic E-state index is 13.1. The molecule has 3 aromatic carbocycles. The molecular weight excluding hydrogens is 507 g/mol. The number of nitrogens with two attached hydrogens (primary N) is 1. The largest absolute Gasteiger partial charge is 0.485 e. The number of halogens is 1. The summed E-state index contributed by atoms with van der Waals surface area (Å²) in [6.07, 6.45) is 1.58. The van der Waals surface area contributed by atoms with E-state index in [9.17, 15) is 14.0 Å². The van der Waals surface area contributed by atoms with Crippen LogP contribution in [0.2, 0.25) is 0 Å². The smallest absolute Gasteiger partial charge is 0.319 e. The number of rotatable bonds is 8. The summed E-state index contributed by atoms with van der Waals surface area (Å²) in [6.45, 7) is 2.12. The number of nitrogens with zero attached hydrogens (tertiary/aromatic N) is 1. The molecule has 5 rings (SSSR count). The van der Waals surface area contributed by atoms with E-state index in [1.807, 2.05) is 6.92 Å². The molecule has 2 heterocycles. The molecule has 1 aliphatic heterocycles. The van der Waals surface area contributed by atoms with Crippen LogP contribution >= 0.6 is 0 Å². The predicted molar refractivity (Wildman–Crippen MR) is 141 cm³/mol. The molecule has 39 heavy (non-hydrogen) atoms. The summed E-state index contributed by atoms with van der Waals surface area (Å²) in [4.78, 5) is 28.0. The van der Waals surface area contributed by atoms with Crippen LogP contribution in [0.4, 0.5) is 14.9 Å². The number of nitrogens with one attached hydrogen (secondary N) is 2. The summed E-state index contributed by atoms with van der Waals surface area (Å²) in [7, 11) is 0. The third-order valence-electron chi connectivity index (χ3n) is 5.87. The molecule has 3 amide bonds. The van der Waals surface area contributed by atoms with Crippen molar-refractivity contribution >= 4 is 28.5 Å². The highest BCUT2D eigenvalue weighted by Crippen LogP contribution is 2.48. The number of aromatic nitrogens is 1. The second-order valence-electron chi connectivity index (χ2n) is 8.69. The Morgan fingerprint density at radius 1 is 1.03 bits per heavy atom. The molecule has 0 radical (unpaired) electrons. The highest BCUT2D eigenvalue weighted by Gasteiger charge is 2.25. The third-order valence-corrected chi connectivity index (χ3v) is 5.87. The van der Waals surface area contributed by atoms with Crippen LogP contribution in [0.5, 0.6) is 28.7 Å². The van der Waals surface area contributed by atoms with Gasteiger partial charge in [0.25, 0.3) is 5.91 Å². The molecule has 1 aromatic heterocycles. The zero-order chi connectivity index (χ0) is 27.4. The number of carbonyl (C=O) groups excluding carboxylic acids is 2. The lowest BCUT2D eigenvalue weighted by atomic mass is 10.1. The summed E-state index contributed by atoms with van der Waals surface area (Å²) >= 11 is 0. The van der Waals surface area contributed by atoms with Crippen molar-refractivity contribution in [3.63, 3.8) is 0 Å². The minimum atomic E-state index is -0.622. The van der Waals surface area contributed by atoms with Gasteiger partial charge in [0.15, 0.2) is 18.1 Å². The van der Waals surface area contributed by atoms with E-state index >= 15 is 0 Å². The van der Waals surface area contributed by atoms with Gasteiger partial charge in [0, 0.05) is 18.0 Å². The van der Waals surface area contributed by atoms with Crippen LogP contribution in [0, 0.1) is 5.82 Å². The van der Waals surface area contributed by atoms with E-state index in [0.717, 1.165) is 5.56 Å². The second kappa shape index (κ2) is 11.1. The van der Waals surface area contributed by atoms with Crippen molar-refractivity contribution in [2.75, 3.05) is 25.1 Å². The molecule has 0 saturated heterocycles. The summed E-state index contributed by atoms with van der Waals surface area (Å²) in [5.74, 6) is 1.05. The van der Waals surface area contributed by atoms with Gasteiger partial charge in [0.05, 0.1) is 16.9 Å². The first-order valence-corrected chi connectivity index (χ1v) is 12.1. The average molecular weight is 533 g/mol. The number of anilines is 1. The van der Waals surface area contributed by atoms with Crippen molar-refractivity contribution in [2.24, 2.45) is 5.73 Å². The van der Waals surface area contributed by atoms with E-state index in [2.05, 4.69) is 15.6 Å². The van der Waals surface area contributed by atoms with Crippen molar-refractivity contribution in [1.82, 2.24) is 10.3 Å². The quantitative estimate of drug-likeness (QED) is 0.300. The van der Waals surface area contributed by atoms with Gasteiger partial charge >= 0.3 is 6.03 Å². The Balaban J connectivity index is 1.31. The standard InChI is InChI=1S/C28H25FN4O6/c1-16(17-2-4-18(29)5-3-17)32-28(35)33-19-6-8-20(9-7-19)39-22-10-11-31-21-14-23(38-15-24(30)34)26-27(25(21)22)37-13-12-36-26/h2-11,14,16H,12-13,15H2,1H3,(H2,30,34)(H2,32,33,35)/t16-/m1/s1. The molecule has 0 unspecified atom stereocenters. The van der Waals surface area contributed by atoms with Crippen LogP contribution in [0.25, 0.3) is 10.9 Å². The molecule has 0 fully saturated rings. The monoisotopic (exact) mass is 532 g/mol. The predicted octanol–water partition coefficient (Wildman–Crippen LogP) is 4.68. The normalized spacial score (nSPS) is 12.9. The first-order valence-electron chi connectivity index (χ1n) is 12.1. The molecule has 200 valence electrons. The van der Waals surface area contributed by atoms with E-state index < -0.39 is 11.9 Å². The van der Waals surface area contributed by atoms with Gasteiger partial charge in [-0.05, 0) is 55.0 Å². The van der Waals surface area contributed by atoms with Crippen molar-refractivity contribution in [2.45, 2.75) is 13.0 Å². The Morgan fingerprint density at radius 3 is 2.46 bits per heavy atom. The first kappa shape index (κ1) is 25.6. The fraction of sp³-hybridized carbons (Fsp3) is 0.179. The van der Waals surface area contributed by atoms with E-state index in [1.165, 1.54) is 12.1 Å². The van der Waals surface area contributed by atoms with Crippen LogP contribution in [-0.4, -0.2) is 36.7 Å². The number of pyridine rings is 1. The average Bonchev–Trinajstić information content (AvgIpc) is 2.93. The van der Waals surface area contributed by atoms with E-state index in [0.29, 0.717) is 58.6 Å². The van der Waals surface area contributed by atoms with Crippen LogP contribution in [0.15, 0.2) is 66.9 Å². The first-order chi connectivity index (χ1) is 18.9. The van der Waals surface area contributed by atoms with Gasteiger partial charge in [0.2, 0.25) is 5.75 Å². The van der Waals surface area contributed by atoms with E-state index in [-0.39, 0.29) is 18.5 Å². The minimum Gasteiger partial charge on any atom is -0.485 e. The van der Waals surface area contributed by atoms with Crippen LogP contribution in [0.3, 0.4) is 0 Å². The molecule has 1 aliphatic rings. The summed E-state index contributed by atoms with van der Waals surface area (Å²) in [5, 5.41) is 6.16. The Morgan fingerprint density at radius 2 is 1.74 bits per heavy atom. The highest BCUT2D eigenvalue weighted by molar-refractivity contribution is 5.95. The SMILES string of the molecule is C[C@@H](NC(=O)Nc1ccc(Oc2ccnc3cc(OCC(N)=O)c4c(c23)OCCO4)cc1)c1ccc(F)cc1. The molecule has 11 heteroatoms. The van der Waals surface area contributed by atoms with Crippen LogP contribution < -0.4 is 35.3 Å². The topological polar surface area (TPSA) is 134 Å². The molecule has 0 bridgehead atoms. The molecule has 10 nitrogen and oxygen atoms in total. The molecule has 4 aromatic rings. The number of ether oxygens (including phenoxy) is 4. The molecule has 0 spiro atoms. The Kier molecular flexibility index (Phi) is 7.30. The van der Waals surface area contributed by atoms with Crippen molar-refractivity contribution < 1.29 is 32.9 Å². The highest BCUT2D eigenvalue weighted by atomic mass is 19.1. The van der Waals surface area contributed by atoms with Crippen LogP contribution in [0.1, 0.15) is 18.5 Å². The maximum Gasteiger partial charge on any atom is 0.319 e. The number of urea groups is 1. The van der Waals surface area contributed by atoms with E-state index in [1.54, 1.807) is 54.7 Å². The maximum atomic E-state index is 13.1. The van der Waals surface area contributed by atoms with Gasteiger partial charge < -0.3 is 35.3 Å². The van der Waals surface area contributed by atoms with Crippen molar-refractivity contribution in [1.29, 1.82) is 0 Å². The van der Waals surface area contributed by atoms with Gasteiger partial charge in [0.1, 0.15) is 30.5 Å². The minimum absolute atomic E-state index is 0.295. The van der Waals surface area contributed by atoms with Gasteiger partial charge in [-0.15, -0.1) is 0 Å². The van der Waals surface area contributed by atoms with E-state index in [4.69, 9.17) is 24.7 Å². The molecule has 0 saturated carbocycles. The van der Waals surface area contributed by atoms with Gasteiger partial charge in [-0.2, -0.15) is 0 Å². The lowest BCUT2D eigenvalue weighted by Gasteiger charge is -2.23. The fourth-order valence-corrected chi connectivity index (χ4v) is 4.05. The Labute approximate surface area is 222 Å². The number of hydrogen-bond acceptors (Lipinski definition) is 7. The van der Waals surface area contributed by atoms with Gasteiger partial charge in [-0.1, -0.05) is 12.1 Å². The molecular formula is C28H25FN4O6. The number of hydrogen-bond donors (Lipinski definition) is 3. The summed E-state index contributed by atoms with van der Waals surface area (Å²) < 4.78 is 36.4. The zero-order valence-electron chi connectivity index (χ0n) is 20.9. The van der Waals surface area contributed by atoms with Crippen molar-refractivity contribution in [3.05, 3.63) is 78.2 Å². The lowest BCUT2D eigenvalue weighted by molar-refractivity contribution is -0.120. The third kappa shape index (κ3) is 5.93. The number of primary amides is 1. The number of carbonyl (C=O) groups is 2. The molecule has 4 N–H and O–H groups in total. The lowest BCUT2D eigenvalue weighted by Crippen LogP contribution is -2.31. The van der Waals surface area contributed by atoms with Crippen LogP contribution in [-0.2, 0) is 4.79 Å². The number of amides is 3. The fourth-order valence-electron chi connectivity index (χ4n) is 4.05. The number of benzene rings is 3. The zero-order valence-corrected chi connectivity index (χ0v) is 20.9. The van der Waals surface area contributed by atoms with Gasteiger partial charge in [-0.25, -0.2) is 9.18 Å². The number of fused-ring (bicyclic) bond motifs is 3. The Hall–Kier alpha value is -5.06. The Bertz CT molecular complexity index is 1510.